The summed E-state index contributed by atoms with van der Waals surface area (Å²) in [5.74, 6) is -3.52. The molecule has 0 atom stereocenters. The van der Waals surface area contributed by atoms with E-state index in [-0.39, 0.29) is 0 Å². The lowest BCUT2D eigenvalue weighted by molar-refractivity contribution is -0.402. The molecular formula is C12H8N2O7S. The van der Waals surface area contributed by atoms with Crippen molar-refractivity contribution in [3.8, 4) is 0 Å². The van der Waals surface area contributed by atoms with E-state index >= 15 is 0 Å². The standard InChI is InChI=1S/C12H8N2O7S/c15-9(13-11(16)8-2-1-5-22-8)6-20-12(17)7-3-4-10(21-7)14(18)19/h1-5H,6H2,(H,13,15,16). The van der Waals surface area contributed by atoms with E-state index in [1.165, 1.54) is 6.07 Å². The average molecular weight is 324 g/mol. The van der Waals surface area contributed by atoms with E-state index in [9.17, 15) is 24.5 Å². The molecule has 0 spiro atoms. The summed E-state index contributed by atoms with van der Waals surface area (Å²) >= 11 is 1.15. The number of amides is 2. The highest BCUT2D eigenvalue weighted by Crippen LogP contribution is 2.16. The number of ether oxygens (including phenoxy) is 1. The van der Waals surface area contributed by atoms with E-state index in [0.29, 0.717) is 4.88 Å². The summed E-state index contributed by atoms with van der Waals surface area (Å²) in [6.45, 7) is -0.718. The molecule has 0 aromatic carbocycles. The molecular weight excluding hydrogens is 316 g/mol. The Morgan fingerprint density at radius 3 is 2.68 bits per heavy atom. The quantitative estimate of drug-likeness (QED) is 0.499. The Labute approximate surface area is 126 Å². The van der Waals surface area contributed by atoms with Crippen LogP contribution in [-0.2, 0) is 9.53 Å². The van der Waals surface area contributed by atoms with Crippen LogP contribution in [0.2, 0.25) is 0 Å². The van der Waals surface area contributed by atoms with E-state index in [1.807, 2.05) is 5.32 Å². The molecule has 9 nitrogen and oxygen atoms in total. The largest absolute Gasteiger partial charge is 0.450 e. The Hall–Kier alpha value is -3.01. The van der Waals surface area contributed by atoms with E-state index in [0.717, 1.165) is 23.5 Å². The van der Waals surface area contributed by atoms with Gasteiger partial charge in [0, 0.05) is 0 Å². The van der Waals surface area contributed by atoms with Crippen LogP contribution < -0.4 is 5.32 Å². The van der Waals surface area contributed by atoms with Crippen molar-refractivity contribution >= 4 is 35.0 Å². The number of carbonyl (C=O) groups excluding carboxylic acids is 3. The van der Waals surface area contributed by atoms with Crippen LogP contribution in [0.5, 0.6) is 0 Å². The predicted octanol–water partition coefficient (Wildman–Crippen LogP) is 1.36. The molecule has 114 valence electrons. The third-order valence-electron chi connectivity index (χ3n) is 2.31. The van der Waals surface area contributed by atoms with Crippen LogP contribution >= 0.6 is 11.3 Å². The van der Waals surface area contributed by atoms with Gasteiger partial charge in [-0.05, 0) is 17.5 Å². The number of esters is 1. The summed E-state index contributed by atoms with van der Waals surface area (Å²) in [7, 11) is 0. The Kier molecular flexibility index (Phi) is 4.63. The van der Waals surface area contributed by atoms with Crippen molar-refractivity contribution in [3.05, 3.63) is 50.4 Å². The zero-order valence-electron chi connectivity index (χ0n) is 10.8. The number of hydrogen-bond acceptors (Lipinski definition) is 8. The van der Waals surface area contributed by atoms with Gasteiger partial charge < -0.3 is 9.15 Å². The molecule has 0 aliphatic rings. The van der Waals surface area contributed by atoms with Crippen molar-refractivity contribution in [3.63, 3.8) is 0 Å². The molecule has 2 heterocycles. The predicted molar refractivity (Wildman–Crippen MR) is 72.4 cm³/mol. The van der Waals surface area contributed by atoms with Gasteiger partial charge in [-0.15, -0.1) is 11.3 Å². The minimum Gasteiger partial charge on any atom is -0.450 e. The molecule has 1 N–H and O–H groups in total. The summed E-state index contributed by atoms with van der Waals surface area (Å²) in [5, 5.41) is 14.1. The zero-order valence-corrected chi connectivity index (χ0v) is 11.6. The fourth-order valence-corrected chi connectivity index (χ4v) is 1.99. The molecule has 0 fully saturated rings. The van der Waals surface area contributed by atoms with Crippen molar-refractivity contribution in [2.45, 2.75) is 0 Å². The lowest BCUT2D eigenvalue weighted by atomic mass is 10.4. The van der Waals surface area contributed by atoms with Crippen LogP contribution in [-0.4, -0.2) is 29.3 Å². The number of nitrogens with zero attached hydrogens (tertiary/aromatic N) is 1. The molecule has 2 aromatic rings. The molecule has 2 rings (SSSR count). The number of thiophene rings is 1. The molecule has 0 radical (unpaired) electrons. The van der Waals surface area contributed by atoms with E-state index in [1.54, 1.807) is 11.4 Å². The van der Waals surface area contributed by atoms with Gasteiger partial charge in [0.1, 0.15) is 4.92 Å². The maximum absolute atomic E-state index is 11.6. The molecule has 0 saturated carbocycles. The zero-order chi connectivity index (χ0) is 16.1. The molecule has 2 aromatic heterocycles. The number of imide groups is 1. The normalized spacial score (nSPS) is 10.0. The molecule has 2 amide bonds. The smallest absolute Gasteiger partial charge is 0.433 e. The van der Waals surface area contributed by atoms with Crippen molar-refractivity contribution in [2.24, 2.45) is 0 Å². The maximum atomic E-state index is 11.6. The van der Waals surface area contributed by atoms with Gasteiger partial charge in [-0.1, -0.05) is 6.07 Å². The second-order valence-corrected chi connectivity index (χ2v) is 4.77. The van der Waals surface area contributed by atoms with Crippen LogP contribution in [0.15, 0.2) is 34.1 Å². The van der Waals surface area contributed by atoms with Gasteiger partial charge in [0.05, 0.1) is 10.9 Å². The SMILES string of the molecule is O=C(COC(=O)c1ccc([N+](=O)[O-])o1)NC(=O)c1cccs1. The van der Waals surface area contributed by atoms with Crippen LogP contribution in [0.3, 0.4) is 0 Å². The van der Waals surface area contributed by atoms with Gasteiger partial charge in [-0.3, -0.25) is 25.0 Å². The van der Waals surface area contributed by atoms with Crippen molar-refractivity contribution in [2.75, 3.05) is 6.61 Å². The second kappa shape index (κ2) is 6.63. The Bertz CT molecular complexity index is 720. The first kappa shape index (κ1) is 15.4. The number of hydrogen-bond donors (Lipinski definition) is 1. The summed E-state index contributed by atoms with van der Waals surface area (Å²) in [6.07, 6.45) is 0. The molecule has 10 heteroatoms. The molecule has 0 bridgehead atoms. The van der Waals surface area contributed by atoms with Gasteiger partial charge in [0.2, 0.25) is 5.76 Å². The summed E-state index contributed by atoms with van der Waals surface area (Å²) in [5.41, 5.74) is 0. The number of rotatable bonds is 5. The topological polar surface area (TPSA) is 129 Å². The number of nitrogens with one attached hydrogen (secondary N) is 1. The lowest BCUT2D eigenvalue weighted by Gasteiger charge is -2.03. The molecule has 22 heavy (non-hydrogen) atoms. The third-order valence-corrected chi connectivity index (χ3v) is 3.17. The number of carbonyl (C=O) groups is 3. The van der Waals surface area contributed by atoms with Gasteiger partial charge in [-0.2, -0.15) is 0 Å². The second-order valence-electron chi connectivity index (χ2n) is 3.83. The fraction of sp³-hybridized carbons (Fsp3) is 0.0833. The minimum atomic E-state index is -1.05. The minimum absolute atomic E-state index is 0.335. The number of furan rings is 1. The van der Waals surface area contributed by atoms with Gasteiger partial charge in [0.15, 0.2) is 6.61 Å². The highest BCUT2D eigenvalue weighted by Gasteiger charge is 2.20. The first-order chi connectivity index (χ1) is 10.5. The van der Waals surface area contributed by atoms with Crippen LogP contribution in [0.1, 0.15) is 20.2 Å². The van der Waals surface area contributed by atoms with E-state index < -0.39 is 41.0 Å². The average Bonchev–Trinajstić information content (AvgIpc) is 3.15. The monoisotopic (exact) mass is 324 g/mol. The number of nitro groups is 1. The maximum Gasteiger partial charge on any atom is 0.433 e. The highest BCUT2D eigenvalue weighted by molar-refractivity contribution is 7.12. The van der Waals surface area contributed by atoms with Gasteiger partial charge >= 0.3 is 11.9 Å². The molecule has 0 saturated heterocycles. The molecule has 0 aliphatic heterocycles. The van der Waals surface area contributed by atoms with Crippen molar-refractivity contribution < 1.29 is 28.5 Å². The Morgan fingerprint density at radius 2 is 2.09 bits per heavy atom. The summed E-state index contributed by atoms with van der Waals surface area (Å²) < 4.78 is 9.19. The first-order valence-corrected chi connectivity index (χ1v) is 6.64. The first-order valence-electron chi connectivity index (χ1n) is 5.76. The molecule has 0 aliphatic carbocycles. The third kappa shape index (κ3) is 3.76. The van der Waals surface area contributed by atoms with Crippen LogP contribution in [0, 0.1) is 10.1 Å². The van der Waals surface area contributed by atoms with Crippen molar-refractivity contribution in [1.82, 2.24) is 5.32 Å². The van der Waals surface area contributed by atoms with E-state index in [2.05, 4.69) is 9.15 Å². The Morgan fingerprint density at radius 1 is 1.32 bits per heavy atom. The van der Waals surface area contributed by atoms with Gasteiger partial charge in [0.25, 0.3) is 11.8 Å². The fourth-order valence-electron chi connectivity index (χ4n) is 1.37. The van der Waals surface area contributed by atoms with Gasteiger partial charge in [-0.25, -0.2) is 4.79 Å². The lowest BCUT2D eigenvalue weighted by Crippen LogP contribution is -2.33. The Balaban J connectivity index is 1.84. The van der Waals surface area contributed by atoms with Crippen LogP contribution in [0.4, 0.5) is 5.88 Å². The van der Waals surface area contributed by atoms with Crippen molar-refractivity contribution in [1.29, 1.82) is 0 Å². The highest BCUT2D eigenvalue weighted by atomic mass is 32.1. The molecule has 0 unspecified atom stereocenters. The van der Waals surface area contributed by atoms with E-state index in [4.69, 9.17) is 0 Å². The van der Waals surface area contributed by atoms with Crippen LogP contribution in [0.25, 0.3) is 0 Å². The summed E-state index contributed by atoms with van der Waals surface area (Å²) in [6, 6.07) is 5.21. The summed E-state index contributed by atoms with van der Waals surface area (Å²) in [4.78, 5) is 44.4.